The van der Waals surface area contributed by atoms with Crippen LogP contribution < -0.4 is 5.32 Å². The van der Waals surface area contributed by atoms with E-state index in [1.807, 2.05) is 11.8 Å². The number of aromatic nitrogens is 1. The molecule has 18 heavy (non-hydrogen) atoms. The molecule has 1 aromatic heterocycles. The number of pyridine rings is 1. The topological polar surface area (TPSA) is 51.2 Å². The summed E-state index contributed by atoms with van der Waals surface area (Å²) < 4.78 is 4.75. The molecule has 0 saturated carbocycles. The highest BCUT2D eigenvalue weighted by atomic mass is 32.2. The lowest BCUT2D eigenvalue weighted by Gasteiger charge is -2.22. The van der Waals surface area contributed by atoms with E-state index in [0.29, 0.717) is 17.3 Å². The molecule has 4 nitrogen and oxygen atoms in total. The SMILES string of the molecule is COC(=O)c1cccnc1NCC1CCSCC1. The van der Waals surface area contributed by atoms with Crippen molar-refractivity contribution in [1.29, 1.82) is 0 Å². The summed E-state index contributed by atoms with van der Waals surface area (Å²) in [7, 11) is 1.39. The van der Waals surface area contributed by atoms with Crippen molar-refractivity contribution < 1.29 is 9.53 Å². The number of carbonyl (C=O) groups is 1. The summed E-state index contributed by atoms with van der Waals surface area (Å²) in [6, 6.07) is 3.48. The van der Waals surface area contributed by atoms with E-state index >= 15 is 0 Å². The number of anilines is 1. The van der Waals surface area contributed by atoms with Crippen molar-refractivity contribution in [3.05, 3.63) is 23.9 Å². The number of hydrogen-bond acceptors (Lipinski definition) is 5. The molecule has 0 radical (unpaired) electrons. The van der Waals surface area contributed by atoms with Gasteiger partial charge in [-0.1, -0.05) is 0 Å². The Morgan fingerprint density at radius 2 is 2.33 bits per heavy atom. The highest BCUT2D eigenvalue weighted by Gasteiger charge is 2.16. The summed E-state index contributed by atoms with van der Waals surface area (Å²) in [5.74, 6) is 3.43. The Balaban J connectivity index is 1.97. The van der Waals surface area contributed by atoms with Crippen LogP contribution in [0.4, 0.5) is 5.82 Å². The fraction of sp³-hybridized carbons (Fsp3) is 0.538. The summed E-state index contributed by atoms with van der Waals surface area (Å²) in [6.45, 7) is 0.877. The number of hydrogen-bond donors (Lipinski definition) is 1. The molecule has 1 saturated heterocycles. The van der Waals surface area contributed by atoms with Crippen molar-refractivity contribution in [2.75, 3.05) is 30.5 Å². The number of rotatable bonds is 4. The van der Waals surface area contributed by atoms with Gasteiger partial charge < -0.3 is 10.1 Å². The van der Waals surface area contributed by atoms with E-state index in [9.17, 15) is 4.79 Å². The first-order valence-electron chi connectivity index (χ1n) is 6.16. The van der Waals surface area contributed by atoms with Crippen molar-refractivity contribution >= 4 is 23.5 Å². The molecule has 0 atom stereocenters. The molecule has 1 fully saturated rings. The first-order valence-corrected chi connectivity index (χ1v) is 7.31. The van der Waals surface area contributed by atoms with Crippen molar-refractivity contribution in [3.63, 3.8) is 0 Å². The fourth-order valence-corrected chi connectivity index (χ4v) is 3.22. The number of thioether (sulfide) groups is 1. The van der Waals surface area contributed by atoms with Crippen LogP contribution in [-0.4, -0.2) is 36.1 Å². The number of methoxy groups -OCH3 is 1. The number of ether oxygens (including phenoxy) is 1. The maximum absolute atomic E-state index is 11.6. The molecule has 0 unspecified atom stereocenters. The van der Waals surface area contributed by atoms with Gasteiger partial charge in [-0.25, -0.2) is 9.78 Å². The zero-order valence-corrected chi connectivity index (χ0v) is 11.3. The summed E-state index contributed by atoms with van der Waals surface area (Å²) in [5.41, 5.74) is 0.505. The molecule has 0 aromatic carbocycles. The third-order valence-electron chi connectivity index (χ3n) is 3.11. The quantitative estimate of drug-likeness (QED) is 0.848. The Morgan fingerprint density at radius 1 is 1.56 bits per heavy atom. The van der Waals surface area contributed by atoms with Crippen molar-refractivity contribution in [3.8, 4) is 0 Å². The van der Waals surface area contributed by atoms with Crippen LogP contribution in [0.25, 0.3) is 0 Å². The maximum Gasteiger partial charge on any atom is 0.341 e. The molecule has 98 valence electrons. The zero-order valence-electron chi connectivity index (χ0n) is 10.5. The second-order valence-corrected chi connectivity index (χ2v) is 5.55. The first kappa shape index (κ1) is 13.2. The summed E-state index contributed by atoms with van der Waals surface area (Å²) in [5, 5.41) is 3.28. The average molecular weight is 266 g/mol. The van der Waals surface area contributed by atoms with Crippen molar-refractivity contribution in [2.45, 2.75) is 12.8 Å². The van der Waals surface area contributed by atoms with Crippen LogP contribution in [0, 0.1) is 5.92 Å². The Hall–Kier alpha value is -1.23. The zero-order chi connectivity index (χ0) is 12.8. The van der Waals surface area contributed by atoms with E-state index in [4.69, 9.17) is 4.74 Å². The summed E-state index contributed by atoms with van der Waals surface area (Å²) in [4.78, 5) is 15.8. The van der Waals surface area contributed by atoms with Gasteiger partial charge in [-0.15, -0.1) is 0 Å². The second-order valence-electron chi connectivity index (χ2n) is 4.33. The molecule has 0 bridgehead atoms. The number of carbonyl (C=O) groups excluding carboxylic acids is 1. The third kappa shape index (κ3) is 3.38. The molecule has 0 aliphatic carbocycles. The predicted octanol–water partition coefficient (Wildman–Crippen LogP) is 2.42. The molecular formula is C13H18N2O2S. The van der Waals surface area contributed by atoms with Gasteiger partial charge in [-0.2, -0.15) is 11.8 Å². The van der Waals surface area contributed by atoms with Gasteiger partial charge in [-0.05, 0) is 42.4 Å². The van der Waals surface area contributed by atoms with Crippen LogP contribution in [0.15, 0.2) is 18.3 Å². The van der Waals surface area contributed by atoms with Crippen LogP contribution in [0.3, 0.4) is 0 Å². The largest absolute Gasteiger partial charge is 0.465 e. The molecule has 1 aliphatic rings. The molecule has 1 aromatic rings. The Morgan fingerprint density at radius 3 is 3.06 bits per heavy atom. The van der Waals surface area contributed by atoms with Crippen molar-refractivity contribution in [2.24, 2.45) is 5.92 Å². The lowest BCUT2D eigenvalue weighted by molar-refractivity contribution is 0.0601. The number of nitrogens with one attached hydrogen (secondary N) is 1. The molecule has 1 aliphatic heterocycles. The highest BCUT2D eigenvalue weighted by molar-refractivity contribution is 7.99. The summed E-state index contributed by atoms with van der Waals surface area (Å²) >= 11 is 2.01. The van der Waals surface area contributed by atoms with E-state index in [-0.39, 0.29) is 5.97 Å². The van der Waals surface area contributed by atoms with Gasteiger partial charge in [0.25, 0.3) is 0 Å². The van der Waals surface area contributed by atoms with E-state index in [0.717, 1.165) is 6.54 Å². The lowest BCUT2D eigenvalue weighted by atomic mass is 10.0. The van der Waals surface area contributed by atoms with Crippen LogP contribution >= 0.6 is 11.8 Å². The normalized spacial score (nSPS) is 16.3. The molecule has 0 amide bonds. The van der Waals surface area contributed by atoms with E-state index in [2.05, 4.69) is 10.3 Å². The fourth-order valence-electron chi connectivity index (χ4n) is 2.01. The summed E-state index contributed by atoms with van der Waals surface area (Å²) in [6.07, 6.45) is 4.15. The minimum absolute atomic E-state index is 0.343. The van der Waals surface area contributed by atoms with Gasteiger partial charge in [-0.3, -0.25) is 0 Å². The lowest BCUT2D eigenvalue weighted by Crippen LogP contribution is -2.20. The van der Waals surface area contributed by atoms with Crippen molar-refractivity contribution in [1.82, 2.24) is 4.98 Å². The molecule has 5 heteroatoms. The van der Waals surface area contributed by atoms with Gasteiger partial charge in [0.05, 0.1) is 7.11 Å². The van der Waals surface area contributed by atoms with Gasteiger partial charge in [0.2, 0.25) is 0 Å². The minimum atomic E-state index is -0.343. The van der Waals surface area contributed by atoms with Gasteiger partial charge in [0.15, 0.2) is 0 Å². The minimum Gasteiger partial charge on any atom is -0.465 e. The molecular weight excluding hydrogens is 248 g/mol. The van der Waals surface area contributed by atoms with E-state index in [1.54, 1.807) is 18.3 Å². The highest BCUT2D eigenvalue weighted by Crippen LogP contribution is 2.23. The van der Waals surface area contributed by atoms with E-state index < -0.39 is 0 Å². The first-order chi connectivity index (χ1) is 8.81. The number of nitrogens with zero attached hydrogens (tertiary/aromatic N) is 1. The van der Waals surface area contributed by atoms with Crippen LogP contribution in [0.1, 0.15) is 23.2 Å². The molecule has 2 rings (SSSR count). The monoisotopic (exact) mass is 266 g/mol. The van der Waals surface area contributed by atoms with Gasteiger partial charge in [0, 0.05) is 12.7 Å². The average Bonchev–Trinajstić information content (AvgIpc) is 2.45. The second kappa shape index (κ2) is 6.64. The Bertz CT molecular complexity index is 406. The van der Waals surface area contributed by atoms with Crippen LogP contribution in [0.5, 0.6) is 0 Å². The molecule has 2 heterocycles. The van der Waals surface area contributed by atoms with E-state index in [1.165, 1.54) is 31.5 Å². The molecule has 0 spiro atoms. The third-order valence-corrected chi connectivity index (χ3v) is 4.16. The molecule has 1 N–H and O–H groups in total. The van der Waals surface area contributed by atoms with Gasteiger partial charge in [0.1, 0.15) is 11.4 Å². The Labute approximate surface area is 112 Å². The number of esters is 1. The van der Waals surface area contributed by atoms with Gasteiger partial charge >= 0.3 is 5.97 Å². The smallest absolute Gasteiger partial charge is 0.341 e. The van der Waals surface area contributed by atoms with Crippen LogP contribution in [-0.2, 0) is 4.74 Å². The predicted molar refractivity (Wildman–Crippen MR) is 74.1 cm³/mol. The Kier molecular flexibility index (Phi) is 4.87. The van der Waals surface area contributed by atoms with Crippen LogP contribution in [0.2, 0.25) is 0 Å². The standard InChI is InChI=1S/C13H18N2O2S/c1-17-13(16)11-3-2-6-14-12(11)15-9-10-4-7-18-8-5-10/h2-3,6,10H,4-5,7-9H2,1H3,(H,14,15). The maximum atomic E-state index is 11.6.